The Bertz CT molecular complexity index is 318. The highest BCUT2D eigenvalue weighted by Crippen LogP contribution is 2.35. The molecule has 0 aromatic heterocycles. The molecular weight excluding hydrogens is 236 g/mol. The Morgan fingerprint density at radius 2 is 2.00 bits per heavy atom. The zero-order chi connectivity index (χ0) is 14.0. The number of hydrogen-bond acceptors (Lipinski definition) is 2. The minimum Gasteiger partial charge on any atom is -0.323 e. The lowest BCUT2D eigenvalue weighted by molar-refractivity contribution is -0.134. The molecule has 0 aromatic rings. The first-order valence-electron chi connectivity index (χ1n) is 8.16. The standard InChI is InChI=1S/C16H30N2O/c1-5-7-15-17-13(6-2)16(19)18(15)14-9-8-11(3)10-12(14)4/h11-15,17H,5-10H2,1-4H3. The van der Waals surface area contributed by atoms with Gasteiger partial charge in [-0.1, -0.05) is 34.1 Å². The monoisotopic (exact) mass is 266 g/mol. The Kier molecular flexibility index (Phi) is 4.88. The molecule has 1 N–H and O–H groups in total. The highest BCUT2D eigenvalue weighted by molar-refractivity contribution is 5.84. The summed E-state index contributed by atoms with van der Waals surface area (Å²) in [5, 5.41) is 3.55. The van der Waals surface area contributed by atoms with Gasteiger partial charge in [-0.3, -0.25) is 10.1 Å². The maximum absolute atomic E-state index is 12.6. The number of carbonyl (C=O) groups is 1. The van der Waals surface area contributed by atoms with Gasteiger partial charge in [0.1, 0.15) is 0 Å². The van der Waals surface area contributed by atoms with Crippen LogP contribution in [0.5, 0.6) is 0 Å². The van der Waals surface area contributed by atoms with Crippen LogP contribution in [0.4, 0.5) is 0 Å². The third-order valence-electron chi connectivity index (χ3n) is 5.00. The largest absolute Gasteiger partial charge is 0.323 e. The van der Waals surface area contributed by atoms with Crippen LogP contribution in [0, 0.1) is 11.8 Å². The zero-order valence-corrected chi connectivity index (χ0v) is 13.0. The average Bonchev–Trinajstić information content (AvgIpc) is 2.67. The SMILES string of the molecule is CCCC1NC(CC)C(=O)N1C1CCC(C)CC1C. The Morgan fingerprint density at radius 3 is 2.58 bits per heavy atom. The van der Waals surface area contributed by atoms with E-state index in [2.05, 4.69) is 37.9 Å². The molecule has 0 radical (unpaired) electrons. The third-order valence-corrected chi connectivity index (χ3v) is 5.00. The number of carbonyl (C=O) groups excluding carboxylic acids is 1. The van der Waals surface area contributed by atoms with Crippen molar-refractivity contribution in [3.63, 3.8) is 0 Å². The van der Waals surface area contributed by atoms with Gasteiger partial charge in [-0.15, -0.1) is 0 Å². The van der Waals surface area contributed by atoms with Gasteiger partial charge in [0.2, 0.25) is 5.91 Å². The molecule has 2 rings (SSSR count). The first kappa shape index (κ1) is 14.8. The van der Waals surface area contributed by atoms with E-state index in [1.165, 1.54) is 19.3 Å². The van der Waals surface area contributed by atoms with Gasteiger partial charge in [-0.2, -0.15) is 0 Å². The highest BCUT2D eigenvalue weighted by Gasteiger charge is 2.43. The number of rotatable bonds is 4. The molecule has 0 bridgehead atoms. The lowest BCUT2D eigenvalue weighted by Gasteiger charge is -2.41. The molecule has 3 heteroatoms. The summed E-state index contributed by atoms with van der Waals surface area (Å²) in [5.74, 6) is 1.82. The third kappa shape index (κ3) is 2.96. The number of nitrogens with zero attached hydrogens (tertiary/aromatic N) is 1. The number of hydrogen-bond donors (Lipinski definition) is 1. The predicted molar refractivity (Wildman–Crippen MR) is 78.7 cm³/mol. The summed E-state index contributed by atoms with van der Waals surface area (Å²) in [7, 11) is 0. The summed E-state index contributed by atoms with van der Waals surface area (Å²) in [5.41, 5.74) is 0. The molecule has 1 saturated heterocycles. The molecule has 110 valence electrons. The minimum absolute atomic E-state index is 0.0584. The van der Waals surface area contributed by atoms with Crippen molar-refractivity contribution in [2.75, 3.05) is 0 Å². The van der Waals surface area contributed by atoms with Gasteiger partial charge in [-0.25, -0.2) is 0 Å². The Morgan fingerprint density at radius 1 is 1.26 bits per heavy atom. The zero-order valence-electron chi connectivity index (χ0n) is 13.0. The van der Waals surface area contributed by atoms with E-state index in [9.17, 15) is 4.79 Å². The van der Waals surface area contributed by atoms with E-state index in [0.29, 0.717) is 17.9 Å². The summed E-state index contributed by atoms with van der Waals surface area (Å²) in [6.45, 7) is 8.98. The number of amides is 1. The maximum atomic E-state index is 12.6. The van der Waals surface area contributed by atoms with Gasteiger partial charge < -0.3 is 4.90 Å². The van der Waals surface area contributed by atoms with E-state index < -0.39 is 0 Å². The number of nitrogens with one attached hydrogen (secondary N) is 1. The fraction of sp³-hybridized carbons (Fsp3) is 0.938. The predicted octanol–water partition coefficient (Wildman–Crippen LogP) is 3.15. The van der Waals surface area contributed by atoms with Crippen LogP contribution >= 0.6 is 0 Å². The van der Waals surface area contributed by atoms with Crippen molar-refractivity contribution >= 4 is 5.91 Å². The second kappa shape index (κ2) is 6.25. The first-order valence-corrected chi connectivity index (χ1v) is 8.16. The Labute approximate surface area is 118 Å². The molecule has 1 amide bonds. The molecule has 1 aliphatic carbocycles. The molecule has 2 fully saturated rings. The summed E-state index contributed by atoms with van der Waals surface area (Å²) in [6, 6.07) is 0.521. The average molecular weight is 266 g/mol. The van der Waals surface area contributed by atoms with Gasteiger partial charge in [-0.05, 0) is 43.9 Å². The van der Waals surface area contributed by atoms with Crippen molar-refractivity contribution in [2.45, 2.75) is 84.5 Å². The van der Waals surface area contributed by atoms with Crippen molar-refractivity contribution in [1.82, 2.24) is 10.2 Å². The van der Waals surface area contributed by atoms with Gasteiger partial charge in [0, 0.05) is 6.04 Å². The molecule has 0 aromatic carbocycles. The first-order chi connectivity index (χ1) is 9.08. The van der Waals surface area contributed by atoms with E-state index in [1.54, 1.807) is 0 Å². The van der Waals surface area contributed by atoms with E-state index in [1.807, 2.05) is 0 Å². The lowest BCUT2D eigenvalue weighted by Crippen LogP contribution is -2.49. The second-order valence-corrected chi connectivity index (χ2v) is 6.64. The fourth-order valence-electron chi connectivity index (χ4n) is 3.96. The second-order valence-electron chi connectivity index (χ2n) is 6.64. The van der Waals surface area contributed by atoms with Crippen molar-refractivity contribution < 1.29 is 4.79 Å². The molecule has 5 atom stereocenters. The smallest absolute Gasteiger partial charge is 0.241 e. The maximum Gasteiger partial charge on any atom is 0.241 e. The molecule has 1 saturated carbocycles. The summed E-state index contributed by atoms with van der Waals surface area (Å²) < 4.78 is 0. The fourth-order valence-corrected chi connectivity index (χ4v) is 3.96. The quantitative estimate of drug-likeness (QED) is 0.848. The molecular formula is C16H30N2O. The molecule has 1 heterocycles. The van der Waals surface area contributed by atoms with Crippen LogP contribution in [0.3, 0.4) is 0 Å². The van der Waals surface area contributed by atoms with E-state index in [-0.39, 0.29) is 12.2 Å². The molecule has 3 nitrogen and oxygen atoms in total. The van der Waals surface area contributed by atoms with Crippen molar-refractivity contribution in [3.8, 4) is 0 Å². The van der Waals surface area contributed by atoms with Gasteiger partial charge >= 0.3 is 0 Å². The molecule has 19 heavy (non-hydrogen) atoms. The lowest BCUT2D eigenvalue weighted by atomic mass is 9.79. The Hall–Kier alpha value is -0.570. The molecule has 1 aliphatic heterocycles. The van der Waals surface area contributed by atoms with Crippen LogP contribution in [0.1, 0.15) is 66.2 Å². The highest BCUT2D eigenvalue weighted by atomic mass is 16.2. The topological polar surface area (TPSA) is 32.3 Å². The normalized spacial score (nSPS) is 39.9. The Balaban J connectivity index is 2.12. The van der Waals surface area contributed by atoms with Crippen LogP contribution in [-0.2, 0) is 4.79 Å². The van der Waals surface area contributed by atoms with Crippen LogP contribution in [0.2, 0.25) is 0 Å². The van der Waals surface area contributed by atoms with E-state index in [4.69, 9.17) is 0 Å². The molecule has 2 aliphatic rings. The van der Waals surface area contributed by atoms with Gasteiger partial charge in [0.25, 0.3) is 0 Å². The van der Waals surface area contributed by atoms with Crippen molar-refractivity contribution in [1.29, 1.82) is 0 Å². The van der Waals surface area contributed by atoms with Gasteiger partial charge in [0.05, 0.1) is 12.2 Å². The summed E-state index contributed by atoms with van der Waals surface area (Å²) in [6.07, 6.45) is 7.14. The van der Waals surface area contributed by atoms with Crippen molar-refractivity contribution in [3.05, 3.63) is 0 Å². The summed E-state index contributed by atoms with van der Waals surface area (Å²) >= 11 is 0. The molecule has 0 spiro atoms. The van der Waals surface area contributed by atoms with Crippen LogP contribution < -0.4 is 5.32 Å². The van der Waals surface area contributed by atoms with Crippen LogP contribution in [0.15, 0.2) is 0 Å². The van der Waals surface area contributed by atoms with Crippen LogP contribution in [0.25, 0.3) is 0 Å². The van der Waals surface area contributed by atoms with Crippen LogP contribution in [-0.4, -0.2) is 29.1 Å². The minimum atomic E-state index is 0.0584. The van der Waals surface area contributed by atoms with Crippen molar-refractivity contribution in [2.24, 2.45) is 11.8 Å². The van der Waals surface area contributed by atoms with E-state index >= 15 is 0 Å². The summed E-state index contributed by atoms with van der Waals surface area (Å²) in [4.78, 5) is 14.8. The van der Waals surface area contributed by atoms with E-state index in [0.717, 1.165) is 25.2 Å². The molecule has 5 unspecified atom stereocenters. The van der Waals surface area contributed by atoms with Gasteiger partial charge in [0.15, 0.2) is 0 Å².